The summed E-state index contributed by atoms with van der Waals surface area (Å²) in [6.07, 6.45) is -0.00721. The first-order valence-corrected chi connectivity index (χ1v) is 9.25. The minimum atomic E-state index is -1.12. The van der Waals surface area contributed by atoms with Crippen LogP contribution in [0.25, 0.3) is 0 Å². The largest absolute Gasteiger partial charge is 0.461 e. The van der Waals surface area contributed by atoms with E-state index in [-0.39, 0.29) is 30.3 Å². The molecule has 7 heteroatoms. The SMILES string of the molecule is C=C1C(=O)O[C@@H]2/C=C(/C)[C@]3(OC)C[C@H](O)[C@](C)(C[C@@H](OC(=O)C(C)C)C12)O3. The van der Waals surface area contributed by atoms with Gasteiger partial charge in [-0.15, -0.1) is 0 Å². The second-order valence-corrected chi connectivity index (χ2v) is 8.20. The molecule has 2 saturated heterocycles. The molecule has 0 amide bonds. The maximum Gasteiger partial charge on any atom is 0.334 e. The Kier molecular flexibility index (Phi) is 4.99. The number of aliphatic hydroxyl groups is 1. The van der Waals surface area contributed by atoms with Crippen LogP contribution in [0.5, 0.6) is 0 Å². The van der Waals surface area contributed by atoms with Gasteiger partial charge in [0.15, 0.2) is 5.79 Å². The van der Waals surface area contributed by atoms with E-state index in [9.17, 15) is 14.7 Å². The van der Waals surface area contributed by atoms with Crippen LogP contribution in [0.15, 0.2) is 23.8 Å². The highest BCUT2D eigenvalue weighted by atomic mass is 16.7. The zero-order valence-electron chi connectivity index (χ0n) is 16.5. The van der Waals surface area contributed by atoms with Gasteiger partial charge in [0.25, 0.3) is 0 Å². The van der Waals surface area contributed by atoms with Gasteiger partial charge in [0.05, 0.1) is 23.5 Å². The fraction of sp³-hybridized carbons (Fsp3) is 0.700. The van der Waals surface area contributed by atoms with Crippen molar-refractivity contribution in [1.29, 1.82) is 0 Å². The van der Waals surface area contributed by atoms with E-state index in [0.717, 1.165) is 0 Å². The molecule has 3 heterocycles. The first kappa shape index (κ1) is 20.0. The molecule has 7 nitrogen and oxygen atoms in total. The summed E-state index contributed by atoms with van der Waals surface area (Å²) in [7, 11) is 1.51. The number of hydrogen-bond acceptors (Lipinski definition) is 7. The molecule has 0 aromatic rings. The molecular weight excluding hydrogens is 352 g/mol. The summed E-state index contributed by atoms with van der Waals surface area (Å²) in [4.78, 5) is 24.5. The molecule has 0 spiro atoms. The third-order valence-corrected chi connectivity index (χ3v) is 5.92. The van der Waals surface area contributed by atoms with Gasteiger partial charge in [0.1, 0.15) is 12.2 Å². The molecule has 27 heavy (non-hydrogen) atoms. The molecule has 3 rings (SSSR count). The Bertz CT molecular complexity index is 696. The lowest BCUT2D eigenvalue weighted by molar-refractivity contribution is -0.223. The summed E-state index contributed by atoms with van der Waals surface area (Å²) in [5.41, 5.74) is -0.0672. The summed E-state index contributed by atoms with van der Waals surface area (Å²) >= 11 is 0. The fourth-order valence-corrected chi connectivity index (χ4v) is 4.14. The topological polar surface area (TPSA) is 91.3 Å². The molecule has 2 bridgehead atoms. The first-order valence-electron chi connectivity index (χ1n) is 9.25. The van der Waals surface area contributed by atoms with Crippen LogP contribution in [-0.4, -0.2) is 53.9 Å². The van der Waals surface area contributed by atoms with Crippen molar-refractivity contribution >= 4 is 11.9 Å². The molecule has 6 atom stereocenters. The van der Waals surface area contributed by atoms with E-state index in [1.165, 1.54) is 7.11 Å². The van der Waals surface area contributed by atoms with Crippen LogP contribution < -0.4 is 0 Å². The van der Waals surface area contributed by atoms with Crippen molar-refractivity contribution in [3.8, 4) is 0 Å². The molecule has 1 unspecified atom stereocenters. The predicted molar refractivity (Wildman–Crippen MR) is 95.5 cm³/mol. The second kappa shape index (κ2) is 6.72. The summed E-state index contributed by atoms with van der Waals surface area (Å²) in [6.45, 7) is 10.9. The molecule has 1 N–H and O–H groups in total. The van der Waals surface area contributed by atoms with Gasteiger partial charge in [-0.1, -0.05) is 20.4 Å². The highest BCUT2D eigenvalue weighted by molar-refractivity contribution is 5.91. The normalized spacial score (nSPS) is 43.3. The van der Waals surface area contributed by atoms with Crippen molar-refractivity contribution in [3.05, 3.63) is 23.8 Å². The Morgan fingerprint density at radius 3 is 2.67 bits per heavy atom. The standard InChI is InChI=1S/C20H28O7/c1-10(2)17(22)26-14-8-19(5)15(21)9-20(24-6,27-19)11(3)7-13-16(14)12(4)18(23)25-13/h7,10,13-16,21H,4,8-9H2,1-3,5-6H3/b11-7-/t13-,14-,15+,16?,19+,20+/m1/s1. The first-order chi connectivity index (χ1) is 12.5. The number of fused-ring (bicyclic) bond motifs is 3. The molecule has 0 radical (unpaired) electrons. The molecule has 0 aromatic heterocycles. The van der Waals surface area contributed by atoms with Crippen LogP contribution >= 0.6 is 0 Å². The van der Waals surface area contributed by atoms with E-state index in [4.69, 9.17) is 18.9 Å². The average molecular weight is 380 g/mol. The van der Waals surface area contributed by atoms with Crippen LogP contribution in [0.1, 0.15) is 40.5 Å². The van der Waals surface area contributed by atoms with Gasteiger partial charge in [-0.05, 0) is 25.5 Å². The van der Waals surface area contributed by atoms with E-state index < -0.39 is 41.6 Å². The van der Waals surface area contributed by atoms with E-state index >= 15 is 0 Å². The highest BCUT2D eigenvalue weighted by Crippen LogP contribution is 2.49. The monoisotopic (exact) mass is 380 g/mol. The van der Waals surface area contributed by atoms with Gasteiger partial charge in [-0.2, -0.15) is 0 Å². The van der Waals surface area contributed by atoms with Crippen molar-refractivity contribution in [2.45, 2.75) is 70.2 Å². The average Bonchev–Trinajstić information content (AvgIpc) is 3.01. The van der Waals surface area contributed by atoms with Crippen molar-refractivity contribution in [2.24, 2.45) is 11.8 Å². The van der Waals surface area contributed by atoms with Gasteiger partial charge in [0.2, 0.25) is 0 Å². The molecule has 3 aliphatic rings. The molecule has 3 aliphatic heterocycles. The van der Waals surface area contributed by atoms with Gasteiger partial charge in [-0.3, -0.25) is 4.79 Å². The number of aliphatic hydroxyl groups excluding tert-OH is 1. The van der Waals surface area contributed by atoms with Crippen LogP contribution in [0.2, 0.25) is 0 Å². The fourth-order valence-electron chi connectivity index (χ4n) is 4.14. The van der Waals surface area contributed by atoms with Crippen molar-refractivity contribution in [2.75, 3.05) is 7.11 Å². The minimum Gasteiger partial charge on any atom is -0.461 e. The molecular formula is C20H28O7. The van der Waals surface area contributed by atoms with Gasteiger partial charge >= 0.3 is 11.9 Å². The van der Waals surface area contributed by atoms with E-state index in [2.05, 4.69) is 6.58 Å². The molecule has 0 aliphatic carbocycles. The second-order valence-electron chi connectivity index (χ2n) is 8.20. The number of methoxy groups -OCH3 is 1. The maximum atomic E-state index is 12.3. The number of carbonyl (C=O) groups excluding carboxylic acids is 2. The van der Waals surface area contributed by atoms with Gasteiger partial charge < -0.3 is 24.1 Å². The number of ether oxygens (including phenoxy) is 4. The smallest absolute Gasteiger partial charge is 0.334 e. The van der Waals surface area contributed by atoms with Crippen LogP contribution in [0, 0.1) is 11.8 Å². The quantitative estimate of drug-likeness (QED) is 0.454. The summed E-state index contributed by atoms with van der Waals surface area (Å²) in [5.74, 6) is -2.90. The maximum absolute atomic E-state index is 12.3. The Morgan fingerprint density at radius 2 is 2.07 bits per heavy atom. The lowest BCUT2D eigenvalue weighted by Gasteiger charge is -2.35. The zero-order valence-corrected chi connectivity index (χ0v) is 16.5. The lowest BCUT2D eigenvalue weighted by atomic mass is 9.80. The van der Waals surface area contributed by atoms with Crippen molar-refractivity contribution < 1.29 is 33.6 Å². The molecule has 0 aromatic carbocycles. The molecule has 0 saturated carbocycles. The highest BCUT2D eigenvalue weighted by Gasteiger charge is 2.59. The number of hydrogen-bond donors (Lipinski definition) is 1. The van der Waals surface area contributed by atoms with Crippen molar-refractivity contribution in [3.63, 3.8) is 0 Å². The summed E-state index contributed by atoms with van der Waals surface area (Å²) in [6, 6.07) is 0. The van der Waals surface area contributed by atoms with Crippen LogP contribution in [0.4, 0.5) is 0 Å². The van der Waals surface area contributed by atoms with E-state index in [1.807, 2.05) is 6.92 Å². The number of esters is 2. The predicted octanol–water partition coefficient (Wildman–Crippen LogP) is 1.88. The Hall–Kier alpha value is -1.70. The summed E-state index contributed by atoms with van der Waals surface area (Å²) < 4.78 is 23.1. The number of rotatable bonds is 3. The molecule has 150 valence electrons. The van der Waals surface area contributed by atoms with Crippen LogP contribution in [-0.2, 0) is 28.5 Å². The Morgan fingerprint density at radius 1 is 1.41 bits per heavy atom. The van der Waals surface area contributed by atoms with Gasteiger partial charge in [-0.25, -0.2) is 4.79 Å². The van der Waals surface area contributed by atoms with Crippen molar-refractivity contribution in [1.82, 2.24) is 0 Å². The molecule has 2 fully saturated rings. The summed E-state index contributed by atoms with van der Waals surface area (Å²) in [5, 5.41) is 10.7. The van der Waals surface area contributed by atoms with E-state index in [0.29, 0.717) is 5.57 Å². The van der Waals surface area contributed by atoms with Gasteiger partial charge in [0, 0.05) is 25.5 Å². The van der Waals surface area contributed by atoms with Crippen LogP contribution in [0.3, 0.4) is 0 Å². The minimum absolute atomic E-state index is 0.190. The van der Waals surface area contributed by atoms with E-state index in [1.54, 1.807) is 26.8 Å². The number of carbonyl (C=O) groups is 2. The lowest BCUT2D eigenvalue weighted by Crippen LogP contribution is -2.45. The zero-order chi connectivity index (χ0) is 20.1. The third-order valence-electron chi connectivity index (χ3n) is 5.92. The third kappa shape index (κ3) is 3.22. The Labute approximate surface area is 159 Å². The Balaban J connectivity index is 2.08.